The number of nitrogens with zero attached hydrogens (tertiary/aromatic N) is 4. The Labute approximate surface area is 220 Å². The molecule has 7 nitrogen and oxygen atoms in total. The highest BCUT2D eigenvalue weighted by Crippen LogP contribution is 2.32. The molecule has 0 atom stereocenters. The van der Waals surface area contributed by atoms with E-state index in [4.69, 9.17) is 4.98 Å². The Morgan fingerprint density at radius 3 is 2.39 bits per heavy atom. The van der Waals surface area contributed by atoms with E-state index in [0.29, 0.717) is 24.7 Å². The van der Waals surface area contributed by atoms with Crippen LogP contribution in [0.5, 0.6) is 0 Å². The number of nitrogens with one attached hydrogen (secondary N) is 1. The average Bonchev–Trinajstić information content (AvgIpc) is 3.52. The van der Waals surface area contributed by atoms with Crippen LogP contribution in [0.25, 0.3) is 0 Å². The van der Waals surface area contributed by atoms with Crippen LogP contribution in [-0.4, -0.2) is 63.8 Å². The van der Waals surface area contributed by atoms with E-state index >= 15 is 0 Å². The molecule has 0 bridgehead atoms. The topological polar surface area (TPSA) is 78.4 Å². The third-order valence-corrected chi connectivity index (χ3v) is 9.22. The summed E-state index contributed by atoms with van der Waals surface area (Å²) in [5, 5.41) is 7.03. The van der Waals surface area contributed by atoms with Gasteiger partial charge in [-0.1, -0.05) is 30.3 Å². The molecule has 2 aliphatic rings. The summed E-state index contributed by atoms with van der Waals surface area (Å²) in [7, 11) is 0. The minimum atomic E-state index is -0.0670. The van der Waals surface area contributed by atoms with Crippen LogP contribution in [0, 0.1) is 13.8 Å². The number of hydrogen-bond donors (Lipinski definition) is 1. The Morgan fingerprint density at radius 1 is 1.00 bits per heavy atom. The number of likely N-dealkylation sites (tertiary alicyclic amines) is 2. The van der Waals surface area contributed by atoms with Gasteiger partial charge in [-0.15, -0.1) is 22.7 Å². The van der Waals surface area contributed by atoms with Crippen molar-refractivity contribution in [2.75, 3.05) is 26.2 Å². The predicted molar refractivity (Wildman–Crippen MR) is 144 cm³/mol. The van der Waals surface area contributed by atoms with Crippen molar-refractivity contribution in [2.24, 2.45) is 0 Å². The number of benzene rings is 1. The number of aryl methyl sites for hydroxylation is 2. The lowest BCUT2D eigenvalue weighted by atomic mass is 9.97. The van der Waals surface area contributed by atoms with Gasteiger partial charge < -0.3 is 10.2 Å². The third kappa shape index (κ3) is 5.85. The van der Waals surface area contributed by atoms with Crippen LogP contribution in [-0.2, 0) is 6.54 Å². The van der Waals surface area contributed by atoms with Crippen molar-refractivity contribution < 1.29 is 9.59 Å². The molecule has 2 aliphatic heterocycles. The first-order chi connectivity index (χ1) is 17.5. The van der Waals surface area contributed by atoms with Crippen LogP contribution in [0.4, 0.5) is 0 Å². The Morgan fingerprint density at radius 2 is 1.72 bits per heavy atom. The van der Waals surface area contributed by atoms with Crippen molar-refractivity contribution in [1.82, 2.24) is 25.1 Å². The second-order valence-corrected chi connectivity index (χ2v) is 11.9. The molecule has 1 N–H and O–H groups in total. The molecule has 0 aliphatic carbocycles. The molecule has 3 aromatic rings. The zero-order valence-electron chi connectivity index (χ0n) is 20.9. The number of carbonyl (C=O) groups excluding carboxylic acids is 2. The van der Waals surface area contributed by atoms with Gasteiger partial charge in [0.1, 0.15) is 10.6 Å². The number of amides is 2. The van der Waals surface area contributed by atoms with Gasteiger partial charge in [-0.2, -0.15) is 0 Å². The SMILES string of the molecule is Cc1nc(C)c(C(=O)N2CCC(c3nc(C(=O)NC4CCN(Cc5ccccc5)CC4)cs3)CC2)s1. The molecule has 0 saturated carbocycles. The maximum Gasteiger partial charge on any atom is 0.270 e. The van der Waals surface area contributed by atoms with Crippen molar-refractivity contribution >= 4 is 34.5 Å². The largest absolute Gasteiger partial charge is 0.348 e. The lowest BCUT2D eigenvalue weighted by molar-refractivity contribution is 0.0717. The Balaban J connectivity index is 1.09. The van der Waals surface area contributed by atoms with Gasteiger partial charge in [0.15, 0.2) is 0 Å². The van der Waals surface area contributed by atoms with Crippen LogP contribution < -0.4 is 5.32 Å². The molecule has 0 radical (unpaired) electrons. The molecule has 1 aromatic carbocycles. The monoisotopic (exact) mass is 523 g/mol. The zero-order valence-corrected chi connectivity index (χ0v) is 22.5. The first-order valence-electron chi connectivity index (χ1n) is 12.7. The van der Waals surface area contributed by atoms with E-state index in [1.807, 2.05) is 30.2 Å². The molecule has 2 fully saturated rings. The first-order valence-corrected chi connectivity index (χ1v) is 14.4. The van der Waals surface area contributed by atoms with E-state index in [-0.39, 0.29) is 17.9 Å². The maximum atomic E-state index is 12.9. The number of rotatable bonds is 6. The lowest BCUT2D eigenvalue weighted by Crippen LogP contribution is -2.44. The maximum absolute atomic E-state index is 12.9. The van der Waals surface area contributed by atoms with Gasteiger partial charge in [-0.05, 0) is 45.1 Å². The molecule has 2 amide bonds. The van der Waals surface area contributed by atoms with Gasteiger partial charge in [0.2, 0.25) is 0 Å². The van der Waals surface area contributed by atoms with E-state index < -0.39 is 0 Å². The molecule has 2 aromatic heterocycles. The first kappa shape index (κ1) is 25.0. The summed E-state index contributed by atoms with van der Waals surface area (Å²) in [5.41, 5.74) is 2.68. The minimum Gasteiger partial charge on any atom is -0.348 e. The molecular weight excluding hydrogens is 490 g/mol. The number of thiazole rings is 2. The van der Waals surface area contributed by atoms with E-state index in [2.05, 4.69) is 39.5 Å². The Hall–Kier alpha value is -2.62. The highest BCUT2D eigenvalue weighted by molar-refractivity contribution is 7.13. The van der Waals surface area contributed by atoms with Crippen LogP contribution in [0.15, 0.2) is 35.7 Å². The van der Waals surface area contributed by atoms with Gasteiger partial charge in [0.25, 0.3) is 11.8 Å². The van der Waals surface area contributed by atoms with Crippen LogP contribution in [0.3, 0.4) is 0 Å². The van der Waals surface area contributed by atoms with Crippen molar-refractivity contribution in [3.63, 3.8) is 0 Å². The molecular formula is C27H33N5O2S2. The molecule has 5 rings (SSSR count). The van der Waals surface area contributed by atoms with E-state index in [9.17, 15) is 9.59 Å². The highest BCUT2D eigenvalue weighted by atomic mass is 32.1. The van der Waals surface area contributed by atoms with Gasteiger partial charge in [0.05, 0.1) is 15.7 Å². The molecule has 4 heterocycles. The minimum absolute atomic E-state index is 0.0670. The van der Waals surface area contributed by atoms with Gasteiger partial charge in [-0.3, -0.25) is 14.5 Å². The second-order valence-electron chi connectivity index (χ2n) is 9.79. The van der Waals surface area contributed by atoms with Gasteiger partial charge >= 0.3 is 0 Å². The fourth-order valence-electron chi connectivity index (χ4n) is 5.12. The van der Waals surface area contributed by atoms with Crippen molar-refractivity contribution in [3.8, 4) is 0 Å². The van der Waals surface area contributed by atoms with E-state index in [1.165, 1.54) is 16.9 Å². The average molecular weight is 524 g/mol. The summed E-state index contributed by atoms with van der Waals surface area (Å²) in [5.74, 6) is 0.319. The number of aromatic nitrogens is 2. The lowest BCUT2D eigenvalue weighted by Gasteiger charge is -2.32. The number of piperidine rings is 2. The number of hydrogen-bond acceptors (Lipinski definition) is 7. The molecule has 190 valence electrons. The molecule has 2 saturated heterocycles. The highest BCUT2D eigenvalue weighted by Gasteiger charge is 2.29. The summed E-state index contributed by atoms with van der Waals surface area (Å²) in [6.45, 7) is 8.20. The summed E-state index contributed by atoms with van der Waals surface area (Å²) in [6, 6.07) is 10.7. The van der Waals surface area contributed by atoms with Crippen LogP contribution in [0.2, 0.25) is 0 Å². The standard InChI is InChI=1S/C27H33N5O2S2/c1-18-24(36-19(2)28-18)27(34)32-14-8-21(9-15-32)26-30-23(17-35-26)25(33)29-22-10-12-31(13-11-22)16-20-6-4-3-5-7-20/h3-7,17,21-22H,8-16H2,1-2H3,(H,29,33). The second kappa shape index (κ2) is 11.2. The predicted octanol–water partition coefficient (Wildman–Crippen LogP) is 4.63. The smallest absolute Gasteiger partial charge is 0.270 e. The third-order valence-electron chi connectivity index (χ3n) is 7.16. The van der Waals surface area contributed by atoms with Crippen LogP contribution in [0.1, 0.15) is 73.0 Å². The quantitative estimate of drug-likeness (QED) is 0.510. The Bertz CT molecular complexity index is 1190. The molecule has 9 heteroatoms. The van der Waals surface area contributed by atoms with Crippen molar-refractivity contribution in [1.29, 1.82) is 0 Å². The van der Waals surface area contributed by atoms with E-state index in [1.54, 1.807) is 11.3 Å². The summed E-state index contributed by atoms with van der Waals surface area (Å²) < 4.78 is 0. The normalized spacial score (nSPS) is 17.9. The fraction of sp³-hybridized carbons (Fsp3) is 0.481. The summed E-state index contributed by atoms with van der Waals surface area (Å²) >= 11 is 3.04. The number of carbonyl (C=O) groups is 2. The zero-order chi connectivity index (χ0) is 25.1. The van der Waals surface area contributed by atoms with Gasteiger partial charge in [0, 0.05) is 50.1 Å². The molecule has 36 heavy (non-hydrogen) atoms. The molecule has 0 spiro atoms. The fourth-order valence-corrected chi connectivity index (χ4v) is 6.98. The Kier molecular flexibility index (Phi) is 7.79. The van der Waals surface area contributed by atoms with Crippen LogP contribution >= 0.6 is 22.7 Å². The van der Waals surface area contributed by atoms with E-state index in [0.717, 1.165) is 65.9 Å². The summed E-state index contributed by atoms with van der Waals surface area (Å²) in [6.07, 6.45) is 3.66. The van der Waals surface area contributed by atoms with Crippen molar-refractivity contribution in [2.45, 2.75) is 58.0 Å². The van der Waals surface area contributed by atoms with Gasteiger partial charge in [-0.25, -0.2) is 9.97 Å². The van der Waals surface area contributed by atoms with Crippen molar-refractivity contribution in [3.05, 3.63) is 67.6 Å². The summed E-state index contributed by atoms with van der Waals surface area (Å²) in [4.78, 5) is 40.0. The molecule has 0 unspecified atom stereocenters.